The second-order valence-corrected chi connectivity index (χ2v) is 6.88. The van der Waals surface area contributed by atoms with Crippen molar-refractivity contribution in [3.8, 4) is 0 Å². The lowest BCUT2D eigenvalue weighted by atomic mass is 9.77. The number of carboxylic acids is 1. The van der Waals surface area contributed by atoms with Gasteiger partial charge in [0.1, 0.15) is 0 Å². The van der Waals surface area contributed by atoms with Crippen molar-refractivity contribution in [1.82, 2.24) is 4.98 Å². The highest BCUT2D eigenvalue weighted by molar-refractivity contribution is 5.96. The predicted octanol–water partition coefficient (Wildman–Crippen LogP) is 3.01. The summed E-state index contributed by atoms with van der Waals surface area (Å²) in [6.07, 6.45) is 4.89. The molecule has 0 aromatic carbocycles. The van der Waals surface area contributed by atoms with Crippen molar-refractivity contribution in [2.45, 2.75) is 40.0 Å². The number of nitrogens with zero attached hydrogens (tertiary/aromatic N) is 2. The number of rotatable bonds is 2. The first-order valence-electron chi connectivity index (χ1n) is 7.53. The van der Waals surface area contributed by atoms with E-state index in [1.165, 1.54) is 18.7 Å². The number of hydrogen-bond acceptors (Lipinski definition) is 4. The molecule has 0 aliphatic carbocycles. The molecule has 1 aliphatic heterocycles. The first-order chi connectivity index (χ1) is 9.80. The minimum atomic E-state index is -1.00. The van der Waals surface area contributed by atoms with Gasteiger partial charge in [-0.05, 0) is 36.7 Å². The summed E-state index contributed by atoms with van der Waals surface area (Å²) in [5.41, 5.74) is 6.72. The van der Waals surface area contributed by atoms with Gasteiger partial charge in [-0.1, -0.05) is 20.8 Å². The number of carbonyl (C=O) groups is 1. The monoisotopic (exact) mass is 291 g/mol. The Hall–Kier alpha value is -1.78. The molecule has 0 spiro atoms. The fourth-order valence-electron chi connectivity index (χ4n) is 3.07. The van der Waals surface area contributed by atoms with Gasteiger partial charge in [0.15, 0.2) is 5.82 Å². The highest BCUT2D eigenvalue weighted by Crippen LogP contribution is 2.36. The summed E-state index contributed by atoms with van der Waals surface area (Å²) in [7, 11) is 0. The van der Waals surface area contributed by atoms with E-state index in [1.807, 2.05) is 0 Å². The molecule has 1 aromatic heterocycles. The number of nitrogen functional groups attached to an aromatic ring is 1. The molecule has 0 amide bonds. The second-order valence-electron chi connectivity index (χ2n) is 6.88. The van der Waals surface area contributed by atoms with Crippen LogP contribution in [0.5, 0.6) is 0 Å². The Morgan fingerprint density at radius 2 is 2.10 bits per heavy atom. The molecule has 21 heavy (non-hydrogen) atoms. The molecule has 1 unspecified atom stereocenters. The fraction of sp³-hybridized carbons (Fsp3) is 0.625. The van der Waals surface area contributed by atoms with E-state index in [0.717, 1.165) is 25.9 Å². The average Bonchev–Trinajstić information content (AvgIpc) is 2.64. The van der Waals surface area contributed by atoms with Crippen molar-refractivity contribution in [1.29, 1.82) is 0 Å². The fourth-order valence-corrected chi connectivity index (χ4v) is 3.07. The van der Waals surface area contributed by atoms with E-state index >= 15 is 0 Å². The highest BCUT2D eigenvalue weighted by Gasteiger charge is 2.28. The lowest BCUT2D eigenvalue weighted by Gasteiger charge is -2.30. The van der Waals surface area contributed by atoms with Gasteiger partial charge in [-0.15, -0.1) is 0 Å². The topological polar surface area (TPSA) is 79.5 Å². The van der Waals surface area contributed by atoms with Crippen molar-refractivity contribution in [3.05, 3.63) is 17.8 Å². The summed E-state index contributed by atoms with van der Waals surface area (Å²) in [6.45, 7) is 8.61. The van der Waals surface area contributed by atoms with Crippen LogP contribution in [0.25, 0.3) is 0 Å². The minimum absolute atomic E-state index is 0.136. The van der Waals surface area contributed by atoms with Gasteiger partial charge in [-0.25, -0.2) is 9.78 Å². The zero-order valence-corrected chi connectivity index (χ0v) is 13.1. The number of aromatic nitrogens is 1. The van der Waals surface area contributed by atoms with Crippen molar-refractivity contribution in [3.63, 3.8) is 0 Å². The SMILES string of the molecule is CC(C)(C)C1CCCN(c2nccc(C(=O)O)c2N)CC1. The van der Waals surface area contributed by atoms with Crippen LogP contribution in [0, 0.1) is 11.3 Å². The number of hydrogen-bond donors (Lipinski definition) is 2. The molecule has 0 saturated carbocycles. The van der Waals surface area contributed by atoms with Crippen LogP contribution in [-0.2, 0) is 0 Å². The summed E-state index contributed by atoms with van der Waals surface area (Å²) >= 11 is 0. The molecule has 5 nitrogen and oxygen atoms in total. The predicted molar refractivity (Wildman–Crippen MR) is 84.6 cm³/mol. The molecule has 116 valence electrons. The summed E-state index contributed by atoms with van der Waals surface area (Å²) < 4.78 is 0. The quantitative estimate of drug-likeness (QED) is 0.875. The molecule has 0 bridgehead atoms. The lowest BCUT2D eigenvalue weighted by Crippen LogP contribution is -2.28. The summed E-state index contributed by atoms with van der Waals surface area (Å²) in [5, 5.41) is 9.17. The van der Waals surface area contributed by atoms with Crippen molar-refractivity contribution in [2.75, 3.05) is 23.7 Å². The van der Waals surface area contributed by atoms with Gasteiger partial charge < -0.3 is 15.7 Å². The minimum Gasteiger partial charge on any atom is -0.478 e. The van der Waals surface area contributed by atoms with Gasteiger partial charge in [0.2, 0.25) is 0 Å². The van der Waals surface area contributed by atoms with E-state index in [4.69, 9.17) is 10.8 Å². The molecular formula is C16H25N3O2. The molecule has 1 atom stereocenters. The molecule has 2 heterocycles. The van der Waals surface area contributed by atoms with Crippen molar-refractivity contribution in [2.24, 2.45) is 11.3 Å². The molecule has 3 N–H and O–H groups in total. The van der Waals surface area contributed by atoms with E-state index in [2.05, 4.69) is 30.7 Å². The summed E-state index contributed by atoms with van der Waals surface area (Å²) in [6, 6.07) is 1.46. The smallest absolute Gasteiger partial charge is 0.337 e. The van der Waals surface area contributed by atoms with E-state index in [9.17, 15) is 4.79 Å². The van der Waals surface area contributed by atoms with Gasteiger partial charge in [0.25, 0.3) is 0 Å². The molecule has 5 heteroatoms. The zero-order valence-electron chi connectivity index (χ0n) is 13.1. The van der Waals surface area contributed by atoms with Gasteiger partial charge in [0, 0.05) is 19.3 Å². The van der Waals surface area contributed by atoms with Crippen LogP contribution < -0.4 is 10.6 Å². The van der Waals surface area contributed by atoms with E-state index in [1.54, 1.807) is 0 Å². The zero-order chi connectivity index (χ0) is 15.6. The van der Waals surface area contributed by atoms with Gasteiger partial charge in [-0.2, -0.15) is 0 Å². The summed E-state index contributed by atoms with van der Waals surface area (Å²) in [4.78, 5) is 17.6. The number of nitrogens with two attached hydrogens (primary N) is 1. The van der Waals surface area contributed by atoms with Crippen molar-refractivity contribution >= 4 is 17.5 Å². The van der Waals surface area contributed by atoms with Crippen LogP contribution in [0.15, 0.2) is 12.3 Å². The third kappa shape index (κ3) is 3.46. The Kier molecular flexibility index (Phi) is 4.40. The number of aromatic carboxylic acids is 1. The van der Waals surface area contributed by atoms with Crippen LogP contribution in [0.1, 0.15) is 50.4 Å². The van der Waals surface area contributed by atoms with Crippen molar-refractivity contribution < 1.29 is 9.90 Å². The van der Waals surface area contributed by atoms with Crippen LogP contribution in [0.4, 0.5) is 11.5 Å². The third-order valence-electron chi connectivity index (χ3n) is 4.45. The van der Waals surface area contributed by atoms with Crippen LogP contribution >= 0.6 is 0 Å². The maximum Gasteiger partial charge on any atom is 0.337 e. The van der Waals surface area contributed by atoms with Gasteiger partial charge in [0.05, 0.1) is 11.3 Å². The average molecular weight is 291 g/mol. The largest absolute Gasteiger partial charge is 0.478 e. The van der Waals surface area contributed by atoms with Crippen LogP contribution in [0.3, 0.4) is 0 Å². The first kappa shape index (κ1) is 15.6. The standard InChI is InChI=1S/C16H25N3O2/c1-16(2,3)11-5-4-9-19(10-7-11)14-13(17)12(15(20)21)6-8-18-14/h6,8,11H,4-5,7,9-10,17H2,1-3H3,(H,20,21). The van der Waals surface area contributed by atoms with E-state index in [-0.39, 0.29) is 11.3 Å². The molecule has 1 fully saturated rings. The van der Waals surface area contributed by atoms with E-state index in [0.29, 0.717) is 17.2 Å². The molecule has 1 saturated heterocycles. The number of carboxylic acid groups (broad SMARTS) is 1. The third-order valence-corrected chi connectivity index (χ3v) is 4.45. The van der Waals surface area contributed by atoms with Gasteiger partial charge >= 0.3 is 5.97 Å². The Morgan fingerprint density at radius 3 is 2.71 bits per heavy atom. The van der Waals surface area contributed by atoms with Crippen LogP contribution in [0.2, 0.25) is 0 Å². The Balaban J connectivity index is 2.20. The van der Waals surface area contributed by atoms with Gasteiger partial charge in [-0.3, -0.25) is 0 Å². The van der Waals surface area contributed by atoms with Crippen LogP contribution in [-0.4, -0.2) is 29.1 Å². The Bertz CT molecular complexity index is 523. The number of pyridine rings is 1. The maximum absolute atomic E-state index is 11.2. The van der Waals surface area contributed by atoms with E-state index < -0.39 is 5.97 Å². The lowest BCUT2D eigenvalue weighted by molar-refractivity contribution is 0.0698. The normalized spacial score (nSPS) is 20.1. The first-order valence-corrected chi connectivity index (χ1v) is 7.53. The second kappa shape index (κ2) is 5.92. The highest BCUT2D eigenvalue weighted by atomic mass is 16.4. The molecule has 0 radical (unpaired) electrons. The maximum atomic E-state index is 11.2. The Labute approximate surface area is 126 Å². The summed E-state index contributed by atoms with van der Waals surface area (Å²) in [5.74, 6) is 0.286. The Morgan fingerprint density at radius 1 is 1.38 bits per heavy atom. The molecular weight excluding hydrogens is 266 g/mol. The number of anilines is 2. The molecule has 2 rings (SSSR count). The molecule has 1 aromatic rings. The molecule has 1 aliphatic rings.